The highest BCUT2D eigenvalue weighted by molar-refractivity contribution is 7.80. The molecule has 0 aliphatic carbocycles. The van der Waals surface area contributed by atoms with E-state index in [4.69, 9.17) is 17.2 Å². The second-order valence-electron chi connectivity index (χ2n) is 8.02. The number of hydrogen-bond donors (Lipinski definition) is 6. The van der Waals surface area contributed by atoms with E-state index in [0.29, 0.717) is 58.2 Å². The van der Waals surface area contributed by atoms with Crippen molar-refractivity contribution in [1.29, 1.82) is 0 Å². The van der Waals surface area contributed by atoms with Gasteiger partial charge in [0.25, 0.3) is 0 Å². The van der Waals surface area contributed by atoms with Gasteiger partial charge in [-0.25, -0.2) is 4.79 Å². The third kappa shape index (κ3) is 6.48. The van der Waals surface area contributed by atoms with Crippen LogP contribution in [0, 0.1) is 0 Å². The lowest BCUT2D eigenvalue weighted by Gasteiger charge is -2.32. The van der Waals surface area contributed by atoms with E-state index in [-0.39, 0.29) is 17.6 Å². The number of guanidine groups is 1. The first-order chi connectivity index (χ1) is 15.2. The molecule has 0 aromatic rings. The minimum absolute atomic E-state index is 0.0319. The zero-order valence-corrected chi connectivity index (χ0v) is 18.9. The first-order valence-electron chi connectivity index (χ1n) is 10.7. The number of amides is 3. The van der Waals surface area contributed by atoms with Crippen molar-refractivity contribution in [3.05, 3.63) is 0 Å². The van der Waals surface area contributed by atoms with Crippen LogP contribution < -0.4 is 22.5 Å². The predicted octanol–water partition coefficient (Wildman–Crippen LogP) is -2.15. The van der Waals surface area contributed by atoms with E-state index in [1.54, 1.807) is 0 Å². The van der Waals surface area contributed by atoms with Crippen LogP contribution in [0.2, 0.25) is 0 Å². The second kappa shape index (κ2) is 11.9. The average Bonchev–Trinajstić information content (AvgIpc) is 3.43. The Morgan fingerprint density at radius 1 is 1.09 bits per heavy atom. The number of nitrogens with one attached hydrogen (secondary N) is 1. The number of nitrogens with two attached hydrogens (primary N) is 3. The summed E-state index contributed by atoms with van der Waals surface area (Å²) in [5.41, 5.74) is 16.4. The zero-order valence-electron chi connectivity index (χ0n) is 18.0. The van der Waals surface area contributed by atoms with Gasteiger partial charge in [0.2, 0.25) is 17.7 Å². The van der Waals surface area contributed by atoms with Crippen molar-refractivity contribution in [1.82, 2.24) is 15.1 Å². The number of hydrogen-bond acceptors (Lipinski definition) is 7. The van der Waals surface area contributed by atoms with Crippen LogP contribution in [0.5, 0.6) is 0 Å². The largest absolute Gasteiger partial charge is 0.480 e. The standard InChI is InChI=1S/C19H33N7O5S/c20-11(4-1-7-23-19(21)22)15(27)24-12(10-32)16(28)25-8-2-5-13(25)17(29)26-9-3-6-14(26)18(30)31/h11-14,32H,1-10,20H2,(H,24,27)(H,30,31)(H4,21,22,23). The Bertz CT molecular complexity index is 746. The molecule has 2 saturated heterocycles. The third-order valence-electron chi connectivity index (χ3n) is 5.74. The van der Waals surface area contributed by atoms with Crippen molar-refractivity contribution in [3.8, 4) is 0 Å². The van der Waals surface area contributed by atoms with Crippen LogP contribution in [0.3, 0.4) is 0 Å². The molecule has 3 amide bonds. The molecule has 4 atom stereocenters. The molecular weight excluding hydrogens is 438 g/mol. The SMILES string of the molecule is NC(N)=NCCCC(N)C(=O)NC(CS)C(=O)N1CCCC1C(=O)N1CCCC1C(=O)O. The van der Waals surface area contributed by atoms with Crippen LogP contribution in [0.1, 0.15) is 38.5 Å². The van der Waals surface area contributed by atoms with Gasteiger partial charge in [-0.2, -0.15) is 12.6 Å². The minimum atomic E-state index is -1.04. The lowest BCUT2D eigenvalue weighted by Crippen LogP contribution is -2.57. The van der Waals surface area contributed by atoms with Gasteiger partial charge in [-0.15, -0.1) is 0 Å². The lowest BCUT2D eigenvalue weighted by molar-refractivity contribution is -0.152. The molecule has 0 aromatic carbocycles. The number of carboxylic acids is 1. The van der Waals surface area contributed by atoms with Crippen LogP contribution >= 0.6 is 12.6 Å². The lowest BCUT2D eigenvalue weighted by atomic mass is 10.1. The van der Waals surface area contributed by atoms with Crippen molar-refractivity contribution < 1.29 is 24.3 Å². The summed E-state index contributed by atoms with van der Waals surface area (Å²) in [5, 5.41) is 12.0. The summed E-state index contributed by atoms with van der Waals surface area (Å²) >= 11 is 4.19. The van der Waals surface area contributed by atoms with Crippen molar-refractivity contribution in [2.45, 2.75) is 62.7 Å². The number of aliphatic carboxylic acids is 1. The molecule has 2 aliphatic rings. The van der Waals surface area contributed by atoms with Crippen molar-refractivity contribution in [3.63, 3.8) is 0 Å². The maximum absolute atomic E-state index is 13.1. The summed E-state index contributed by atoms with van der Waals surface area (Å²) < 4.78 is 0. The molecule has 0 saturated carbocycles. The number of thiol groups is 1. The third-order valence-corrected chi connectivity index (χ3v) is 6.11. The van der Waals surface area contributed by atoms with E-state index < -0.39 is 42.0 Å². The Balaban J connectivity index is 1.97. The number of carbonyl (C=O) groups excluding carboxylic acids is 3. The molecule has 2 fully saturated rings. The number of nitrogens with zero attached hydrogens (tertiary/aromatic N) is 3. The molecule has 180 valence electrons. The highest BCUT2D eigenvalue weighted by Crippen LogP contribution is 2.25. The Labute approximate surface area is 192 Å². The highest BCUT2D eigenvalue weighted by atomic mass is 32.1. The molecule has 2 heterocycles. The molecule has 8 N–H and O–H groups in total. The van der Waals surface area contributed by atoms with Crippen LogP contribution in [-0.2, 0) is 19.2 Å². The van der Waals surface area contributed by atoms with E-state index in [2.05, 4.69) is 22.9 Å². The Morgan fingerprint density at radius 2 is 1.72 bits per heavy atom. The zero-order chi connectivity index (χ0) is 23.8. The van der Waals surface area contributed by atoms with E-state index in [0.717, 1.165) is 0 Å². The maximum Gasteiger partial charge on any atom is 0.326 e. The normalized spacial score (nSPS) is 22.3. The van der Waals surface area contributed by atoms with Gasteiger partial charge in [0, 0.05) is 25.4 Å². The van der Waals surface area contributed by atoms with Gasteiger partial charge in [-0.05, 0) is 38.5 Å². The highest BCUT2D eigenvalue weighted by Gasteiger charge is 2.43. The van der Waals surface area contributed by atoms with Crippen LogP contribution in [-0.4, -0.2) is 94.1 Å². The number of rotatable bonds is 10. The molecule has 2 aliphatic heterocycles. The fourth-order valence-electron chi connectivity index (χ4n) is 4.08. The minimum Gasteiger partial charge on any atom is -0.480 e. The Hall–Kier alpha value is -2.54. The topological polar surface area (TPSA) is 197 Å². The van der Waals surface area contributed by atoms with E-state index >= 15 is 0 Å². The summed E-state index contributed by atoms with van der Waals surface area (Å²) in [6.45, 7) is 1.05. The van der Waals surface area contributed by atoms with Crippen molar-refractivity contribution in [2.24, 2.45) is 22.2 Å². The van der Waals surface area contributed by atoms with Gasteiger partial charge >= 0.3 is 5.97 Å². The van der Waals surface area contributed by atoms with Crippen LogP contribution in [0.4, 0.5) is 0 Å². The Kier molecular flexibility index (Phi) is 9.57. The van der Waals surface area contributed by atoms with Crippen LogP contribution in [0.25, 0.3) is 0 Å². The van der Waals surface area contributed by atoms with Crippen LogP contribution in [0.15, 0.2) is 4.99 Å². The number of likely N-dealkylation sites (tertiary alicyclic amines) is 2. The predicted molar refractivity (Wildman–Crippen MR) is 121 cm³/mol. The fraction of sp³-hybridized carbons (Fsp3) is 0.737. The molecule has 0 bridgehead atoms. The number of carboxylic acid groups (broad SMARTS) is 1. The fourth-order valence-corrected chi connectivity index (χ4v) is 4.33. The average molecular weight is 472 g/mol. The van der Waals surface area contributed by atoms with E-state index in [1.807, 2.05) is 0 Å². The summed E-state index contributed by atoms with van der Waals surface area (Å²) in [6, 6.07) is -3.40. The molecule has 32 heavy (non-hydrogen) atoms. The molecule has 12 nitrogen and oxygen atoms in total. The summed E-state index contributed by atoms with van der Waals surface area (Å²) in [7, 11) is 0. The molecule has 0 radical (unpaired) electrons. The van der Waals surface area contributed by atoms with Gasteiger partial charge in [0.1, 0.15) is 18.1 Å². The first-order valence-corrected chi connectivity index (χ1v) is 11.4. The quantitative estimate of drug-likeness (QED) is 0.0896. The van der Waals surface area contributed by atoms with E-state index in [9.17, 15) is 24.3 Å². The van der Waals surface area contributed by atoms with Gasteiger partial charge in [-0.3, -0.25) is 19.4 Å². The molecule has 0 aromatic heterocycles. The second-order valence-corrected chi connectivity index (χ2v) is 8.38. The monoisotopic (exact) mass is 471 g/mol. The van der Waals surface area contributed by atoms with Crippen molar-refractivity contribution >= 4 is 42.3 Å². The summed E-state index contributed by atoms with van der Waals surface area (Å²) in [5.74, 6) is -2.34. The number of aliphatic imine (C=N–C) groups is 1. The van der Waals surface area contributed by atoms with Gasteiger partial charge in [0.15, 0.2) is 5.96 Å². The first kappa shape index (κ1) is 25.7. The summed E-state index contributed by atoms with van der Waals surface area (Å²) in [4.78, 5) is 56.6. The number of carbonyl (C=O) groups is 4. The molecule has 4 unspecified atom stereocenters. The van der Waals surface area contributed by atoms with Gasteiger partial charge in [-0.1, -0.05) is 0 Å². The molecule has 0 spiro atoms. The molecule has 13 heteroatoms. The molecule has 2 rings (SSSR count). The summed E-state index contributed by atoms with van der Waals surface area (Å²) in [6.07, 6.45) is 2.90. The van der Waals surface area contributed by atoms with E-state index in [1.165, 1.54) is 9.80 Å². The van der Waals surface area contributed by atoms with Gasteiger partial charge in [0.05, 0.1) is 6.04 Å². The van der Waals surface area contributed by atoms with Gasteiger partial charge < -0.3 is 37.4 Å². The molecular formula is C19H33N7O5S. The smallest absolute Gasteiger partial charge is 0.326 e. The van der Waals surface area contributed by atoms with Crippen molar-refractivity contribution in [2.75, 3.05) is 25.4 Å². The maximum atomic E-state index is 13.1. The Morgan fingerprint density at radius 3 is 2.31 bits per heavy atom.